The summed E-state index contributed by atoms with van der Waals surface area (Å²) in [7, 11) is 1.86. The molecule has 2 amide bonds. The van der Waals surface area contributed by atoms with Gasteiger partial charge in [-0.1, -0.05) is 30.3 Å². The third-order valence-electron chi connectivity index (χ3n) is 5.96. The van der Waals surface area contributed by atoms with Gasteiger partial charge < -0.3 is 9.80 Å². The molecule has 0 saturated carbocycles. The monoisotopic (exact) mass is 357 g/mol. The van der Waals surface area contributed by atoms with E-state index in [2.05, 4.69) is 17.0 Å². The molecule has 1 unspecified atom stereocenters. The standard InChI is InChI=1S/C21H31N3O2/c1-3-22(2)20(26)15-23-13-7-11-21(16-23)12-10-19(25)24(17-21)14-18-8-5-4-6-9-18/h4-6,8-9H,3,7,10-17H2,1-2H3. The number of hydrogen-bond donors (Lipinski definition) is 0. The first-order chi connectivity index (χ1) is 12.5. The first kappa shape index (κ1) is 18.9. The van der Waals surface area contributed by atoms with Gasteiger partial charge >= 0.3 is 0 Å². The van der Waals surface area contributed by atoms with Crippen LogP contribution in [-0.2, 0) is 16.1 Å². The van der Waals surface area contributed by atoms with Gasteiger partial charge in [-0.15, -0.1) is 0 Å². The molecule has 0 aliphatic carbocycles. The van der Waals surface area contributed by atoms with E-state index >= 15 is 0 Å². The minimum atomic E-state index is 0.145. The molecule has 2 aliphatic heterocycles. The molecule has 2 aliphatic rings. The van der Waals surface area contributed by atoms with Crippen LogP contribution in [0.4, 0.5) is 0 Å². The van der Waals surface area contributed by atoms with Crippen molar-refractivity contribution in [3.63, 3.8) is 0 Å². The van der Waals surface area contributed by atoms with Gasteiger partial charge in [0.1, 0.15) is 0 Å². The van der Waals surface area contributed by atoms with E-state index in [-0.39, 0.29) is 17.2 Å². The normalized spacial score (nSPS) is 24.1. The number of nitrogens with zero attached hydrogens (tertiary/aromatic N) is 3. The third-order valence-corrected chi connectivity index (χ3v) is 5.96. The van der Waals surface area contributed by atoms with Crippen LogP contribution in [0.3, 0.4) is 0 Å². The molecule has 1 atom stereocenters. The van der Waals surface area contributed by atoms with Crippen LogP contribution in [0.25, 0.3) is 0 Å². The van der Waals surface area contributed by atoms with Gasteiger partial charge in [-0.3, -0.25) is 14.5 Å². The molecular formula is C21H31N3O2. The number of carbonyl (C=O) groups is 2. The number of likely N-dealkylation sites (N-methyl/N-ethyl adjacent to an activating group) is 1. The summed E-state index contributed by atoms with van der Waals surface area (Å²) in [5.74, 6) is 0.455. The van der Waals surface area contributed by atoms with Gasteiger partial charge in [0, 0.05) is 45.1 Å². The molecule has 142 valence electrons. The summed E-state index contributed by atoms with van der Waals surface area (Å²) in [6.45, 7) is 6.67. The molecule has 0 N–H and O–H groups in total. The Morgan fingerprint density at radius 1 is 1.19 bits per heavy atom. The predicted molar refractivity (Wildman–Crippen MR) is 103 cm³/mol. The van der Waals surface area contributed by atoms with Crippen molar-refractivity contribution in [3.8, 4) is 0 Å². The van der Waals surface area contributed by atoms with Gasteiger partial charge in [-0.25, -0.2) is 0 Å². The Hall–Kier alpha value is -1.88. The minimum absolute atomic E-state index is 0.145. The van der Waals surface area contributed by atoms with Gasteiger partial charge in [-0.2, -0.15) is 0 Å². The molecular weight excluding hydrogens is 326 g/mol. The van der Waals surface area contributed by atoms with Crippen LogP contribution in [0.2, 0.25) is 0 Å². The van der Waals surface area contributed by atoms with Crippen molar-refractivity contribution in [1.29, 1.82) is 0 Å². The second-order valence-electron chi connectivity index (χ2n) is 7.96. The molecule has 5 nitrogen and oxygen atoms in total. The molecule has 2 heterocycles. The maximum Gasteiger partial charge on any atom is 0.236 e. The van der Waals surface area contributed by atoms with Crippen molar-refractivity contribution in [3.05, 3.63) is 35.9 Å². The van der Waals surface area contributed by atoms with E-state index in [9.17, 15) is 9.59 Å². The topological polar surface area (TPSA) is 43.9 Å². The number of amides is 2. The average Bonchev–Trinajstić information content (AvgIpc) is 2.65. The van der Waals surface area contributed by atoms with Crippen molar-refractivity contribution < 1.29 is 9.59 Å². The zero-order valence-electron chi connectivity index (χ0n) is 16.1. The second-order valence-corrected chi connectivity index (χ2v) is 7.96. The highest BCUT2D eigenvalue weighted by atomic mass is 16.2. The summed E-state index contributed by atoms with van der Waals surface area (Å²) in [5, 5.41) is 0. The lowest BCUT2D eigenvalue weighted by atomic mass is 9.73. The third kappa shape index (κ3) is 4.44. The number of likely N-dealkylation sites (tertiary alicyclic amines) is 2. The van der Waals surface area contributed by atoms with E-state index < -0.39 is 0 Å². The fourth-order valence-electron chi connectivity index (χ4n) is 4.32. The van der Waals surface area contributed by atoms with Crippen LogP contribution < -0.4 is 0 Å². The lowest BCUT2D eigenvalue weighted by Crippen LogP contribution is -2.55. The zero-order valence-corrected chi connectivity index (χ0v) is 16.1. The van der Waals surface area contributed by atoms with Crippen molar-refractivity contribution in [1.82, 2.24) is 14.7 Å². The van der Waals surface area contributed by atoms with Gasteiger partial charge in [0.15, 0.2) is 0 Å². The maximum atomic E-state index is 12.5. The first-order valence-corrected chi connectivity index (χ1v) is 9.79. The molecule has 0 bridgehead atoms. The summed E-state index contributed by atoms with van der Waals surface area (Å²) in [6, 6.07) is 10.2. The molecule has 1 aromatic rings. The van der Waals surface area contributed by atoms with Crippen LogP contribution >= 0.6 is 0 Å². The number of piperidine rings is 2. The summed E-state index contributed by atoms with van der Waals surface area (Å²) >= 11 is 0. The highest BCUT2D eigenvalue weighted by molar-refractivity contribution is 5.78. The number of rotatable bonds is 5. The molecule has 2 fully saturated rings. The Balaban J connectivity index is 1.64. The van der Waals surface area contributed by atoms with Gasteiger partial charge in [0.25, 0.3) is 0 Å². The molecule has 3 rings (SSSR count). The van der Waals surface area contributed by atoms with Crippen LogP contribution in [0.15, 0.2) is 30.3 Å². The summed E-state index contributed by atoms with van der Waals surface area (Å²) in [4.78, 5) is 30.9. The van der Waals surface area contributed by atoms with E-state index in [4.69, 9.17) is 0 Å². The fraction of sp³-hybridized carbons (Fsp3) is 0.619. The smallest absolute Gasteiger partial charge is 0.236 e. The summed E-state index contributed by atoms with van der Waals surface area (Å²) in [6.07, 6.45) is 3.84. The highest BCUT2D eigenvalue weighted by Gasteiger charge is 2.41. The van der Waals surface area contributed by atoms with Crippen LogP contribution in [0, 0.1) is 5.41 Å². The van der Waals surface area contributed by atoms with E-state index in [0.29, 0.717) is 19.5 Å². The van der Waals surface area contributed by atoms with Crippen molar-refractivity contribution >= 4 is 11.8 Å². The summed E-state index contributed by atoms with van der Waals surface area (Å²) in [5.41, 5.74) is 1.33. The molecule has 5 heteroatoms. The van der Waals surface area contributed by atoms with Crippen LogP contribution in [0.5, 0.6) is 0 Å². The fourth-order valence-corrected chi connectivity index (χ4v) is 4.32. The lowest BCUT2D eigenvalue weighted by Gasteiger charge is -2.48. The summed E-state index contributed by atoms with van der Waals surface area (Å²) < 4.78 is 0. The lowest BCUT2D eigenvalue weighted by molar-refractivity contribution is -0.141. The molecule has 2 saturated heterocycles. The zero-order chi connectivity index (χ0) is 18.6. The van der Waals surface area contributed by atoms with Crippen LogP contribution in [-0.4, -0.2) is 66.3 Å². The Kier molecular flexibility index (Phi) is 5.97. The molecule has 0 radical (unpaired) electrons. The minimum Gasteiger partial charge on any atom is -0.345 e. The Morgan fingerprint density at radius 3 is 2.69 bits per heavy atom. The highest BCUT2D eigenvalue weighted by Crippen LogP contribution is 2.39. The first-order valence-electron chi connectivity index (χ1n) is 9.79. The molecule has 1 aromatic carbocycles. The quantitative estimate of drug-likeness (QED) is 0.813. The number of benzene rings is 1. The average molecular weight is 357 g/mol. The largest absolute Gasteiger partial charge is 0.345 e. The second kappa shape index (κ2) is 8.21. The van der Waals surface area contributed by atoms with Crippen molar-refractivity contribution in [2.45, 2.75) is 39.2 Å². The van der Waals surface area contributed by atoms with Crippen LogP contribution in [0.1, 0.15) is 38.2 Å². The van der Waals surface area contributed by atoms with E-state index in [0.717, 1.165) is 45.4 Å². The Bertz CT molecular complexity index is 633. The van der Waals surface area contributed by atoms with Crippen molar-refractivity contribution in [2.24, 2.45) is 5.41 Å². The molecule has 1 spiro atoms. The number of carbonyl (C=O) groups excluding carboxylic acids is 2. The van der Waals surface area contributed by atoms with Gasteiger partial charge in [0.05, 0.1) is 6.54 Å². The molecule has 26 heavy (non-hydrogen) atoms. The maximum absolute atomic E-state index is 12.5. The predicted octanol–water partition coefficient (Wildman–Crippen LogP) is 2.37. The number of hydrogen-bond acceptors (Lipinski definition) is 3. The Morgan fingerprint density at radius 2 is 1.96 bits per heavy atom. The SMILES string of the molecule is CCN(C)C(=O)CN1CCCC2(CCC(=O)N(Cc3ccccc3)C2)C1. The van der Waals surface area contributed by atoms with E-state index in [1.54, 1.807) is 4.90 Å². The molecule has 0 aromatic heterocycles. The van der Waals surface area contributed by atoms with Crippen molar-refractivity contribution in [2.75, 3.05) is 39.8 Å². The van der Waals surface area contributed by atoms with Gasteiger partial charge in [0.2, 0.25) is 11.8 Å². The van der Waals surface area contributed by atoms with E-state index in [1.165, 1.54) is 5.56 Å². The van der Waals surface area contributed by atoms with Gasteiger partial charge in [-0.05, 0) is 38.3 Å². The van der Waals surface area contributed by atoms with E-state index in [1.807, 2.05) is 37.1 Å². The Labute approximate surface area is 156 Å².